The summed E-state index contributed by atoms with van der Waals surface area (Å²) in [7, 11) is 0. The lowest BCUT2D eigenvalue weighted by Gasteiger charge is -2.24. The molecule has 1 aliphatic rings. The summed E-state index contributed by atoms with van der Waals surface area (Å²) < 4.78 is 5.69. The Balaban J connectivity index is 1.89. The third-order valence-corrected chi connectivity index (χ3v) is 2.97. The van der Waals surface area contributed by atoms with E-state index in [4.69, 9.17) is 9.84 Å². The van der Waals surface area contributed by atoms with Gasteiger partial charge in [-0.15, -0.1) is 0 Å². The summed E-state index contributed by atoms with van der Waals surface area (Å²) >= 11 is 0. The van der Waals surface area contributed by atoms with Crippen LogP contribution in [0.1, 0.15) is 25.5 Å². The van der Waals surface area contributed by atoms with Gasteiger partial charge in [0.1, 0.15) is 12.4 Å². The van der Waals surface area contributed by atoms with Gasteiger partial charge in [-0.25, -0.2) is 0 Å². The summed E-state index contributed by atoms with van der Waals surface area (Å²) in [5.41, 5.74) is 0.757. The highest BCUT2D eigenvalue weighted by Gasteiger charge is 2.28. The first-order valence-corrected chi connectivity index (χ1v) is 5.65. The van der Waals surface area contributed by atoms with Crippen molar-refractivity contribution < 1.29 is 9.84 Å². The second-order valence-electron chi connectivity index (χ2n) is 4.52. The molecule has 88 valence electrons. The zero-order chi connectivity index (χ0) is 11.4. The lowest BCUT2D eigenvalue weighted by atomic mass is 10.0. The maximum absolute atomic E-state index is 8.86. The van der Waals surface area contributed by atoms with E-state index in [2.05, 4.69) is 17.2 Å². The van der Waals surface area contributed by atoms with Crippen LogP contribution in [-0.4, -0.2) is 28.8 Å². The summed E-state index contributed by atoms with van der Waals surface area (Å²) in [4.78, 5) is 4.07. The minimum Gasteiger partial charge on any atom is -0.490 e. The molecule has 0 radical (unpaired) electrons. The molecule has 2 heterocycles. The second-order valence-corrected chi connectivity index (χ2v) is 4.52. The van der Waals surface area contributed by atoms with E-state index in [1.165, 1.54) is 6.42 Å². The highest BCUT2D eigenvalue weighted by Crippen LogP contribution is 2.20. The fraction of sp³-hybridized carbons (Fsp3) is 0.583. The molecule has 4 heteroatoms. The van der Waals surface area contributed by atoms with Crippen molar-refractivity contribution in [1.82, 2.24) is 10.3 Å². The number of aromatic nitrogens is 1. The fourth-order valence-corrected chi connectivity index (χ4v) is 1.91. The summed E-state index contributed by atoms with van der Waals surface area (Å²) in [5, 5.41) is 12.3. The summed E-state index contributed by atoms with van der Waals surface area (Å²) in [5.74, 6) is 0.757. The standard InChI is InChI=1S/C12H18N2O2/c1-12(5-2-6-14-12)9-16-11-4-3-10(8-15)13-7-11/h3-4,7,14-15H,2,5-6,8-9H2,1H3/t12-/m0/s1. The van der Waals surface area contributed by atoms with Gasteiger partial charge in [0.05, 0.1) is 18.5 Å². The molecule has 0 aromatic carbocycles. The molecule has 0 unspecified atom stereocenters. The van der Waals surface area contributed by atoms with Crippen molar-refractivity contribution in [3.63, 3.8) is 0 Å². The Hall–Kier alpha value is -1.13. The third-order valence-electron chi connectivity index (χ3n) is 2.97. The van der Waals surface area contributed by atoms with Gasteiger partial charge in [-0.3, -0.25) is 4.98 Å². The molecule has 0 amide bonds. The van der Waals surface area contributed by atoms with Crippen LogP contribution in [0.4, 0.5) is 0 Å². The maximum atomic E-state index is 8.86. The number of aliphatic hydroxyl groups is 1. The molecule has 1 aromatic rings. The minimum atomic E-state index is -0.0282. The van der Waals surface area contributed by atoms with Gasteiger partial charge in [-0.2, -0.15) is 0 Å². The van der Waals surface area contributed by atoms with Crippen molar-refractivity contribution >= 4 is 0 Å². The Bertz CT molecular complexity index is 331. The number of hydrogen-bond acceptors (Lipinski definition) is 4. The number of nitrogens with one attached hydrogen (secondary N) is 1. The molecule has 1 aliphatic heterocycles. The Morgan fingerprint density at radius 3 is 3.00 bits per heavy atom. The highest BCUT2D eigenvalue weighted by atomic mass is 16.5. The summed E-state index contributed by atoms with van der Waals surface area (Å²) in [6, 6.07) is 3.62. The van der Waals surface area contributed by atoms with E-state index in [1.54, 1.807) is 12.3 Å². The molecular weight excluding hydrogens is 204 g/mol. The second kappa shape index (κ2) is 4.80. The van der Waals surface area contributed by atoms with E-state index in [9.17, 15) is 0 Å². The third kappa shape index (κ3) is 2.71. The lowest BCUT2D eigenvalue weighted by Crippen LogP contribution is -2.42. The lowest BCUT2D eigenvalue weighted by molar-refractivity contribution is 0.211. The Morgan fingerprint density at radius 1 is 1.56 bits per heavy atom. The van der Waals surface area contributed by atoms with Crippen molar-refractivity contribution in [2.75, 3.05) is 13.2 Å². The quantitative estimate of drug-likeness (QED) is 0.801. The molecule has 0 saturated carbocycles. The summed E-state index contributed by atoms with van der Waals surface area (Å²) in [6.07, 6.45) is 4.01. The predicted octanol–water partition coefficient (Wildman–Crippen LogP) is 1.09. The first-order chi connectivity index (χ1) is 7.72. The van der Waals surface area contributed by atoms with Crippen molar-refractivity contribution in [3.8, 4) is 5.75 Å². The first kappa shape index (κ1) is 11.4. The highest BCUT2D eigenvalue weighted by molar-refractivity contribution is 5.19. The van der Waals surface area contributed by atoms with Gasteiger partial charge in [0.15, 0.2) is 0 Å². The maximum Gasteiger partial charge on any atom is 0.137 e. The number of nitrogens with zero attached hydrogens (tertiary/aromatic N) is 1. The van der Waals surface area contributed by atoms with E-state index < -0.39 is 0 Å². The van der Waals surface area contributed by atoms with Crippen LogP contribution >= 0.6 is 0 Å². The van der Waals surface area contributed by atoms with E-state index >= 15 is 0 Å². The molecule has 0 spiro atoms. The Morgan fingerprint density at radius 2 is 2.44 bits per heavy atom. The van der Waals surface area contributed by atoms with Crippen LogP contribution in [-0.2, 0) is 6.61 Å². The molecule has 2 rings (SSSR count). The normalized spacial score (nSPS) is 24.6. The van der Waals surface area contributed by atoms with Crippen molar-refractivity contribution in [2.24, 2.45) is 0 Å². The molecule has 0 bridgehead atoms. The average Bonchev–Trinajstić information content (AvgIpc) is 2.75. The molecule has 4 nitrogen and oxygen atoms in total. The topological polar surface area (TPSA) is 54.4 Å². The van der Waals surface area contributed by atoms with E-state index in [-0.39, 0.29) is 12.1 Å². The number of hydrogen-bond donors (Lipinski definition) is 2. The predicted molar refractivity (Wildman–Crippen MR) is 61.3 cm³/mol. The van der Waals surface area contributed by atoms with Gasteiger partial charge < -0.3 is 15.2 Å². The van der Waals surface area contributed by atoms with Crippen LogP contribution in [0.3, 0.4) is 0 Å². The smallest absolute Gasteiger partial charge is 0.137 e. The van der Waals surface area contributed by atoms with Gasteiger partial charge in [0, 0.05) is 5.54 Å². The molecule has 1 fully saturated rings. The van der Waals surface area contributed by atoms with Crippen LogP contribution < -0.4 is 10.1 Å². The monoisotopic (exact) mass is 222 g/mol. The molecule has 1 saturated heterocycles. The first-order valence-electron chi connectivity index (χ1n) is 5.65. The van der Waals surface area contributed by atoms with Gasteiger partial charge in [0.25, 0.3) is 0 Å². The molecule has 0 aliphatic carbocycles. The Kier molecular flexibility index (Phi) is 3.41. The van der Waals surface area contributed by atoms with E-state index in [0.717, 1.165) is 18.7 Å². The van der Waals surface area contributed by atoms with Crippen LogP contribution in [0.5, 0.6) is 5.75 Å². The molecule has 16 heavy (non-hydrogen) atoms. The average molecular weight is 222 g/mol. The van der Waals surface area contributed by atoms with Crippen molar-refractivity contribution in [1.29, 1.82) is 0 Å². The van der Waals surface area contributed by atoms with Crippen LogP contribution in [0.2, 0.25) is 0 Å². The minimum absolute atomic E-state index is 0.0282. The molecule has 1 aromatic heterocycles. The number of rotatable bonds is 4. The number of ether oxygens (including phenoxy) is 1. The van der Waals surface area contributed by atoms with E-state index in [0.29, 0.717) is 12.3 Å². The zero-order valence-electron chi connectivity index (χ0n) is 9.57. The van der Waals surface area contributed by atoms with Gasteiger partial charge >= 0.3 is 0 Å². The van der Waals surface area contributed by atoms with Crippen LogP contribution in [0.15, 0.2) is 18.3 Å². The SMILES string of the molecule is C[C@@]1(COc2ccc(CO)nc2)CCCN1. The van der Waals surface area contributed by atoms with Crippen molar-refractivity contribution in [2.45, 2.75) is 31.9 Å². The van der Waals surface area contributed by atoms with Crippen LogP contribution in [0, 0.1) is 0 Å². The van der Waals surface area contributed by atoms with Gasteiger partial charge in [0.2, 0.25) is 0 Å². The molecular formula is C12H18N2O2. The number of aliphatic hydroxyl groups excluding tert-OH is 1. The van der Waals surface area contributed by atoms with Crippen molar-refractivity contribution in [3.05, 3.63) is 24.0 Å². The molecule has 2 N–H and O–H groups in total. The largest absolute Gasteiger partial charge is 0.490 e. The van der Waals surface area contributed by atoms with Crippen LogP contribution in [0.25, 0.3) is 0 Å². The number of pyridine rings is 1. The zero-order valence-corrected chi connectivity index (χ0v) is 9.57. The fourth-order valence-electron chi connectivity index (χ4n) is 1.91. The molecule has 1 atom stereocenters. The van der Waals surface area contributed by atoms with Gasteiger partial charge in [-0.1, -0.05) is 0 Å². The van der Waals surface area contributed by atoms with E-state index in [1.807, 2.05) is 6.07 Å². The Labute approximate surface area is 95.7 Å². The summed E-state index contributed by atoms with van der Waals surface area (Å²) in [6.45, 7) is 3.88. The van der Waals surface area contributed by atoms with Gasteiger partial charge in [-0.05, 0) is 38.4 Å².